The molecule has 0 aromatic rings. The van der Waals surface area contributed by atoms with Crippen molar-refractivity contribution in [3.8, 4) is 6.07 Å². The smallest absolute Gasteiger partial charge is 0.0655 e. The maximum atomic E-state index is 8.87. The van der Waals surface area contributed by atoms with Crippen molar-refractivity contribution in [1.82, 2.24) is 0 Å². The zero-order valence-electron chi connectivity index (χ0n) is 8.05. The number of rotatable bonds is 1. The Kier molecular flexibility index (Phi) is 4.14. The molecule has 1 saturated carbocycles. The molecule has 0 N–H and O–H groups in total. The van der Waals surface area contributed by atoms with E-state index in [0.717, 1.165) is 18.8 Å². The van der Waals surface area contributed by atoms with E-state index < -0.39 is 0 Å². The van der Waals surface area contributed by atoms with Crippen molar-refractivity contribution in [2.75, 3.05) is 0 Å². The maximum absolute atomic E-state index is 8.87. The van der Waals surface area contributed by atoms with Crippen LogP contribution in [0.5, 0.6) is 0 Å². The van der Waals surface area contributed by atoms with Crippen LogP contribution in [0.3, 0.4) is 0 Å². The molecule has 1 heteroatoms. The van der Waals surface area contributed by atoms with Crippen molar-refractivity contribution in [2.45, 2.75) is 51.9 Å². The van der Waals surface area contributed by atoms with Crippen LogP contribution < -0.4 is 0 Å². The van der Waals surface area contributed by atoms with Gasteiger partial charge in [0.1, 0.15) is 0 Å². The molecule has 68 valence electrons. The van der Waals surface area contributed by atoms with Crippen LogP contribution in [0.25, 0.3) is 0 Å². The van der Waals surface area contributed by atoms with Crippen LogP contribution in [-0.2, 0) is 0 Å². The van der Waals surface area contributed by atoms with E-state index in [0.29, 0.717) is 5.92 Å². The molecule has 1 fully saturated rings. The summed E-state index contributed by atoms with van der Waals surface area (Å²) in [7, 11) is 0. The van der Waals surface area contributed by atoms with E-state index in [1.807, 2.05) is 0 Å². The topological polar surface area (TPSA) is 23.8 Å². The summed E-state index contributed by atoms with van der Waals surface area (Å²) in [6.07, 6.45) is 8.92. The van der Waals surface area contributed by atoms with Crippen LogP contribution in [0.4, 0.5) is 0 Å². The lowest BCUT2D eigenvalue weighted by Gasteiger charge is -2.20. The molecule has 1 nitrogen and oxygen atoms in total. The average molecular weight is 165 g/mol. The number of hydrogen-bond donors (Lipinski definition) is 0. The Bertz CT molecular complexity index is 157. The summed E-state index contributed by atoms with van der Waals surface area (Å²) < 4.78 is 0. The van der Waals surface area contributed by atoms with Crippen LogP contribution in [-0.4, -0.2) is 0 Å². The molecule has 1 aliphatic carbocycles. The minimum atomic E-state index is 0.357. The molecule has 0 radical (unpaired) electrons. The van der Waals surface area contributed by atoms with Gasteiger partial charge >= 0.3 is 0 Å². The highest BCUT2D eigenvalue weighted by molar-refractivity contribution is 4.85. The van der Waals surface area contributed by atoms with Crippen molar-refractivity contribution in [3.05, 3.63) is 0 Å². The third-order valence-electron chi connectivity index (χ3n) is 3.04. The molecule has 0 aromatic heterocycles. The van der Waals surface area contributed by atoms with Gasteiger partial charge in [-0.3, -0.25) is 0 Å². The number of nitriles is 1. The van der Waals surface area contributed by atoms with Crippen LogP contribution in [0.15, 0.2) is 0 Å². The minimum absolute atomic E-state index is 0.357. The standard InChI is InChI=1S/C11H19N/c1-2-10-6-4-3-5-7-11(8-10)9-12/h10-11H,2-8H2,1H3. The van der Waals surface area contributed by atoms with Crippen molar-refractivity contribution in [1.29, 1.82) is 5.26 Å². The van der Waals surface area contributed by atoms with Crippen LogP contribution in [0.1, 0.15) is 51.9 Å². The summed E-state index contributed by atoms with van der Waals surface area (Å²) in [5, 5.41) is 8.87. The Morgan fingerprint density at radius 3 is 2.67 bits per heavy atom. The summed E-state index contributed by atoms with van der Waals surface area (Å²) in [5.41, 5.74) is 0. The van der Waals surface area contributed by atoms with Crippen molar-refractivity contribution >= 4 is 0 Å². The third kappa shape index (κ3) is 2.85. The molecular weight excluding hydrogens is 146 g/mol. The summed E-state index contributed by atoms with van der Waals surface area (Å²) in [6.45, 7) is 2.25. The van der Waals surface area contributed by atoms with E-state index in [4.69, 9.17) is 5.26 Å². The molecule has 0 saturated heterocycles. The van der Waals surface area contributed by atoms with Gasteiger partial charge in [0.05, 0.1) is 6.07 Å². The summed E-state index contributed by atoms with van der Waals surface area (Å²) >= 11 is 0. The molecular formula is C11H19N. The van der Waals surface area contributed by atoms with Crippen LogP contribution in [0, 0.1) is 23.2 Å². The predicted molar refractivity (Wildman–Crippen MR) is 50.6 cm³/mol. The fraction of sp³-hybridized carbons (Fsp3) is 0.909. The summed E-state index contributed by atoms with van der Waals surface area (Å²) in [4.78, 5) is 0. The van der Waals surface area contributed by atoms with Gasteiger partial charge in [-0.2, -0.15) is 5.26 Å². The lowest BCUT2D eigenvalue weighted by molar-refractivity contribution is 0.329. The Labute approximate surface area is 75.8 Å². The third-order valence-corrected chi connectivity index (χ3v) is 3.04. The molecule has 0 heterocycles. The Hall–Kier alpha value is -0.510. The zero-order chi connectivity index (χ0) is 8.81. The van der Waals surface area contributed by atoms with Crippen LogP contribution in [0.2, 0.25) is 0 Å². The first-order chi connectivity index (χ1) is 5.86. The van der Waals surface area contributed by atoms with Crippen LogP contribution >= 0.6 is 0 Å². The van der Waals surface area contributed by atoms with Gasteiger partial charge in [0.25, 0.3) is 0 Å². The molecule has 0 amide bonds. The number of nitrogens with zero attached hydrogens (tertiary/aromatic N) is 1. The van der Waals surface area contributed by atoms with E-state index >= 15 is 0 Å². The highest BCUT2D eigenvalue weighted by atomic mass is 14.3. The summed E-state index contributed by atoms with van der Waals surface area (Å²) in [6, 6.07) is 2.44. The molecule has 0 aromatic carbocycles. The molecule has 0 bridgehead atoms. The Balaban J connectivity index is 2.40. The van der Waals surface area contributed by atoms with E-state index in [-0.39, 0.29) is 0 Å². The molecule has 2 atom stereocenters. The van der Waals surface area contributed by atoms with Gasteiger partial charge < -0.3 is 0 Å². The van der Waals surface area contributed by atoms with Gasteiger partial charge in [-0.05, 0) is 18.8 Å². The highest BCUT2D eigenvalue weighted by Gasteiger charge is 2.16. The van der Waals surface area contributed by atoms with Gasteiger partial charge in [0.2, 0.25) is 0 Å². The quantitative estimate of drug-likeness (QED) is 0.583. The first kappa shape index (κ1) is 9.58. The molecule has 2 unspecified atom stereocenters. The van der Waals surface area contributed by atoms with Gasteiger partial charge in [-0.1, -0.05) is 39.0 Å². The Morgan fingerprint density at radius 2 is 2.00 bits per heavy atom. The molecule has 0 spiro atoms. The second-order valence-electron chi connectivity index (χ2n) is 3.97. The molecule has 0 aliphatic heterocycles. The normalized spacial score (nSPS) is 31.7. The highest BCUT2D eigenvalue weighted by Crippen LogP contribution is 2.27. The monoisotopic (exact) mass is 165 g/mol. The van der Waals surface area contributed by atoms with Crippen molar-refractivity contribution in [3.63, 3.8) is 0 Å². The fourth-order valence-corrected chi connectivity index (χ4v) is 2.13. The second kappa shape index (κ2) is 5.19. The Morgan fingerprint density at radius 1 is 1.25 bits per heavy atom. The second-order valence-corrected chi connectivity index (χ2v) is 3.97. The first-order valence-corrected chi connectivity index (χ1v) is 5.26. The lowest BCUT2D eigenvalue weighted by atomic mass is 9.84. The lowest BCUT2D eigenvalue weighted by Crippen LogP contribution is -2.10. The minimum Gasteiger partial charge on any atom is -0.198 e. The van der Waals surface area contributed by atoms with Crippen molar-refractivity contribution < 1.29 is 0 Å². The fourth-order valence-electron chi connectivity index (χ4n) is 2.13. The van der Waals surface area contributed by atoms with Gasteiger partial charge in [0, 0.05) is 5.92 Å². The van der Waals surface area contributed by atoms with E-state index in [1.54, 1.807) is 0 Å². The largest absolute Gasteiger partial charge is 0.198 e. The predicted octanol–water partition coefficient (Wildman–Crippen LogP) is 3.51. The van der Waals surface area contributed by atoms with E-state index in [9.17, 15) is 0 Å². The molecule has 12 heavy (non-hydrogen) atoms. The SMILES string of the molecule is CCC1CCCCCC(C#N)C1. The average Bonchev–Trinajstić information content (AvgIpc) is 2.05. The molecule has 1 rings (SSSR count). The number of hydrogen-bond acceptors (Lipinski definition) is 1. The van der Waals surface area contributed by atoms with Gasteiger partial charge in [-0.25, -0.2) is 0 Å². The first-order valence-electron chi connectivity index (χ1n) is 5.26. The van der Waals surface area contributed by atoms with Gasteiger partial charge in [-0.15, -0.1) is 0 Å². The zero-order valence-corrected chi connectivity index (χ0v) is 8.05. The maximum Gasteiger partial charge on any atom is 0.0655 e. The van der Waals surface area contributed by atoms with E-state index in [2.05, 4.69) is 13.0 Å². The van der Waals surface area contributed by atoms with E-state index in [1.165, 1.54) is 32.1 Å². The van der Waals surface area contributed by atoms with Crippen molar-refractivity contribution in [2.24, 2.45) is 11.8 Å². The molecule has 1 aliphatic rings. The van der Waals surface area contributed by atoms with Gasteiger partial charge in [0.15, 0.2) is 0 Å². The summed E-state index contributed by atoms with van der Waals surface area (Å²) in [5.74, 6) is 1.19.